The Labute approximate surface area is 187 Å². The fourth-order valence-corrected chi connectivity index (χ4v) is 7.01. The van der Waals surface area contributed by atoms with E-state index in [-0.39, 0.29) is 45.7 Å². The first-order valence-corrected chi connectivity index (χ1v) is 13.9. The molecule has 190 valence electrons. The van der Waals surface area contributed by atoms with Crippen molar-refractivity contribution >= 4 is 27.5 Å². The third-order valence-electron chi connectivity index (χ3n) is 5.22. The molecule has 0 saturated carbocycles. The Morgan fingerprint density at radius 3 is 2.22 bits per heavy atom. The number of carbonyl (C=O) groups excluding carboxylic acids is 2. The number of esters is 2. The van der Waals surface area contributed by atoms with Gasteiger partial charge in [0.2, 0.25) is 0 Å². The third-order valence-corrected chi connectivity index (χ3v) is 9.36. The van der Waals surface area contributed by atoms with Crippen LogP contribution in [0.5, 0.6) is 0 Å². The molecule has 32 heavy (non-hydrogen) atoms. The van der Waals surface area contributed by atoms with Crippen LogP contribution >= 0.6 is 15.5 Å². The van der Waals surface area contributed by atoms with E-state index in [2.05, 4.69) is 5.32 Å². The van der Waals surface area contributed by atoms with E-state index in [1.807, 2.05) is 0 Å². The number of rotatable bonds is 11. The van der Waals surface area contributed by atoms with E-state index in [1.165, 1.54) is 6.92 Å². The Kier molecular flexibility index (Phi) is 10.6. The summed E-state index contributed by atoms with van der Waals surface area (Å²) in [7, 11) is -10.6. The average molecular weight is 506 g/mol. The van der Waals surface area contributed by atoms with Crippen molar-refractivity contribution in [2.24, 2.45) is 0 Å². The summed E-state index contributed by atoms with van der Waals surface area (Å²) in [6.07, 6.45) is -0.683. The summed E-state index contributed by atoms with van der Waals surface area (Å²) >= 11 is 0. The summed E-state index contributed by atoms with van der Waals surface area (Å²) in [6, 6.07) is 0. The van der Waals surface area contributed by atoms with Crippen molar-refractivity contribution in [1.29, 1.82) is 0 Å². The molecule has 3 unspecified atom stereocenters. The van der Waals surface area contributed by atoms with Gasteiger partial charge >= 0.3 is 187 Å². The van der Waals surface area contributed by atoms with E-state index in [1.54, 1.807) is 18.7 Å². The van der Waals surface area contributed by atoms with Gasteiger partial charge in [0.05, 0.1) is 0 Å². The topological polar surface area (TPSA) is 206 Å². The monoisotopic (exact) mass is 506 g/mol. The minimum absolute atomic E-state index is 0.0886. The third kappa shape index (κ3) is 9.64. The van der Waals surface area contributed by atoms with Gasteiger partial charge in [-0.15, -0.1) is 0 Å². The molecule has 0 spiro atoms. The SMILES string of the molecule is CCOC(=O)CNC1(CC(P(=O)(O)O)[PH](O)(O)O)CN(CC(=O)OCC)CCC(C)(O)C1. The molecule has 1 fully saturated rings. The summed E-state index contributed by atoms with van der Waals surface area (Å²) in [6.45, 7) is 4.44. The van der Waals surface area contributed by atoms with Gasteiger partial charge in [-0.3, -0.25) is 0 Å². The van der Waals surface area contributed by atoms with Crippen LogP contribution in [0.1, 0.15) is 40.0 Å². The number of ether oxygens (including phenoxy) is 2. The Bertz CT molecular complexity index is 694. The maximum atomic E-state index is 12.0. The van der Waals surface area contributed by atoms with Crippen LogP contribution in [0.4, 0.5) is 0 Å². The van der Waals surface area contributed by atoms with Crippen LogP contribution in [0.25, 0.3) is 0 Å². The zero-order valence-electron chi connectivity index (χ0n) is 18.6. The molecule has 13 nitrogen and oxygen atoms in total. The summed E-state index contributed by atoms with van der Waals surface area (Å²) < 4.78 is 21.8. The zero-order chi connectivity index (χ0) is 24.8. The first-order valence-electron chi connectivity index (χ1n) is 10.3. The van der Waals surface area contributed by atoms with Crippen LogP contribution in [0.15, 0.2) is 0 Å². The maximum absolute atomic E-state index is 12.0. The van der Waals surface area contributed by atoms with Gasteiger partial charge in [-0.2, -0.15) is 0 Å². The number of likely N-dealkylation sites (tertiary alicyclic amines) is 1. The Morgan fingerprint density at radius 1 is 1.16 bits per heavy atom. The Morgan fingerprint density at radius 2 is 1.72 bits per heavy atom. The molecular weight excluding hydrogens is 470 g/mol. The van der Waals surface area contributed by atoms with Crippen molar-refractivity contribution in [3.63, 3.8) is 0 Å². The van der Waals surface area contributed by atoms with Gasteiger partial charge in [0.1, 0.15) is 0 Å². The molecule has 15 heteroatoms. The van der Waals surface area contributed by atoms with E-state index in [9.17, 15) is 43.7 Å². The predicted octanol–water partition coefficient (Wildman–Crippen LogP) is -1.35. The van der Waals surface area contributed by atoms with Crippen LogP contribution < -0.4 is 5.32 Å². The van der Waals surface area contributed by atoms with E-state index >= 15 is 0 Å². The van der Waals surface area contributed by atoms with Crippen molar-refractivity contribution in [3.05, 3.63) is 0 Å². The van der Waals surface area contributed by atoms with Crippen LogP contribution in [0.3, 0.4) is 0 Å². The van der Waals surface area contributed by atoms with Gasteiger partial charge in [-0.25, -0.2) is 0 Å². The van der Waals surface area contributed by atoms with E-state index in [0.717, 1.165) is 0 Å². The molecule has 0 aromatic heterocycles. The molecule has 0 aliphatic carbocycles. The normalized spacial score (nSPS) is 26.8. The summed E-state index contributed by atoms with van der Waals surface area (Å²) in [5.41, 5.74) is -2.91. The minimum atomic E-state index is -5.37. The molecule has 0 amide bonds. The number of nitrogens with zero attached hydrogens (tertiary/aromatic N) is 1. The van der Waals surface area contributed by atoms with Gasteiger partial charge in [0.15, 0.2) is 0 Å². The van der Waals surface area contributed by atoms with Gasteiger partial charge in [-0.1, -0.05) is 0 Å². The molecule has 1 saturated heterocycles. The molecule has 0 aromatic rings. The quantitative estimate of drug-likeness (QED) is 0.128. The van der Waals surface area contributed by atoms with Crippen LogP contribution in [-0.2, 0) is 23.6 Å². The fraction of sp³-hybridized carbons (Fsp3) is 0.882. The van der Waals surface area contributed by atoms with Gasteiger partial charge in [0.25, 0.3) is 0 Å². The first kappa shape index (κ1) is 29.3. The average Bonchev–Trinajstić information content (AvgIpc) is 2.73. The Balaban J connectivity index is 3.38. The molecule has 0 radical (unpaired) electrons. The molecule has 1 aliphatic heterocycles. The van der Waals surface area contributed by atoms with Crippen molar-refractivity contribution in [2.45, 2.75) is 56.6 Å². The van der Waals surface area contributed by atoms with E-state index in [4.69, 9.17) is 9.47 Å². The molecule has 1 heterocycles. The van der Waals surface area contributed by atoms with Gasteiger partial charge in [0, 0.05) is 0 Å². The molecule has 7 N–H and O–H groups in total. The summed E-state index contributed by atoms with van der Waals surface area (Å²) in [4.78, 5) is 74.3. The van der Waals surface area contributed by atoms with Crippen molar-refractivity contribution < 1.29 is 53.2 Å². The molecule has 0 bridgehead atoms. The number of nitrogens with one attached hydrogen (secondary N) is 1. The van der Waals surface area contributed by atoms with E-state index < -0.39 is 57.0 Å². The van der Waals surface area contributed by atoms with Crippen LogP contribution in [0.2, 0.25) is 0 Å². The second-order valence-corrected chi connectivity index (χ2v) is 12.7. The number of carbonyl (C=O) groups is 2. The first-order chi connectivity index (χ1) is 14.5. The summed E-state index contributed by atoms with van der Waals surface area (Å²) in [5, 5.41) is 11.5. The van der Waals surface area contributed by atoms with Crippen molar-refractivity contribution in [2.75, 3.05) is 39.4 Å². The van der Waals surface area contributed by atoms with Crippen LogP contribution in [-0.4, -0.2) is 102 Å². The molecular formula is C17H36N2O11P2. The predicted molar refractivity (Wildman–Crippen MR) is 116 cm³/mol. The van der Waals surface area contributed by atoms with Gasteiger partial charge < -0.3 is 0 Å². The zero-order valence-corrected chi connectivity index (χ0v) is 20.5. The van der Waals surface area contributed by atoms with E-state index in [0.29, 0.717) is 0 Å². The number of hydrogen-bond acceptors (Lipinski definition) is 11. The van der Waals surface area contributed by atoms with Crippen LogP contribution in [0, 0.1) is 0 Å². The number of aliphatic hydroxyl groups is 1. The second kappa shape index (κ2) is 11.6. The molecule has 0 aromatic carbocycles. The summed E-state index contributed by atoms with van der Waals surface area (Å²) in [5.74, 6) is -1.24. The number of hydrogen-bond donors (Lipinski definition) is 7. The van der Waals surface area contributed by atoms with Crippen molar-refractivity contribution in [1.82, 2.24) is 10.2 Å². The second-order valence-electron chi connectivity index (χ2n) is 8.37. The van der Waals surface area contributed by atoms with Gasteiger partial charge in [-0.05, 0) is 0 Å². The standard InChI is InChI=1S/C17H36N2O11P2/c1-4-29-13(20)9-18-17(8-15(31(23,24)25)32(26,27)28)11-16(3,22)6-7-19(12-17)10-14(21)30-5-2/h15,18,22-25,31H,4-12H2,1-3H3,(H2,26,27,28). The molecule has 3 atom stereocenters. The van der Waals surface area contributed by atoms with Crippen molar-refractivity contribution in [3.8, 4) is 0 Å². The Hall–Kier alpha value is -0.720. The molecule has 1 rings (SSSR count). The molecule has 1 aliphatic rings. The fourth-order valence-electron chi connectivity index (χ4n) is 3.95.